The van der Waals surface area contributed by atoms with Crippen molar-refractivity contribution >= 4 is 0 Å². The zero-order chi connectivity index (χ0) is 14.2. The van der Waals surface area contributed by atoms with Crippen LogP contribution < -0.4 is 0 Å². The quantitative estimate of drug-likeness (QED) is 0.349. The van der Waals surface area contributed by atoms with Crippen LogP contribution in [-0.2, 0) is 23.7 Å². The van der Waals surface area contributed by atoms with E-state index in [1.54, 1.807) is 0 Å². The van der Waals surface area contributed by atoms with Crippen LogP contribution in [0.3, 0.4) is 0 Å². The van der Waals surface area contributed by atoms with E-state index < -0.39 is 0 Å². The van der Waals surface area contributed by atoms with Gasteiger partial charge in [-0.25, -0.2) is 0 Å². The van der Waals surface area contributed by atoms with Crippen LogP contribution in [0.5, 0.6) is 0 Å². The first-order chi connectivity index (χ1) is 9.31. The molecule has 0 heterocycles. The van der Waals surface area contributed by atoms with E-state index in [2.05, 4.69) is 6.58 Å². The van der Waals surface area contributed by atoms with Crippen molar-refractivity contribution in [2.45, 2.75) is 13.0 Å². The van der Waals surface area contributed by atoms with Crippen molar-refractivity contribution in [3.8, 4) is 0 Å². The fraction of sp³-hybridized carbons (Fsp3) is 0.846. The predicted octanol–water partition coefficient (Wildman–Crippen LogP) is 0.594. The van der Waals surface area contributed by atoms with E-state index in [-0.39, 0.29) is 12.7 Å². The molecule has 19 heavy (non-hydrogen) atoms. The molecule has 0 aliphatic carbocycles. The first kappa shape index (κ1) is 18.3. The van der Waals surface area contributed by atoms with Crippen LogP contribution in [-0.4, -0.2) is 70.7 Å². The lowest BCUT2D eigenvalue weighted by molar-refractivity contribution is -0.0177. The van der Waals surface area contributed by atoms with Crippen molar-refractivity contribution in [2.24, 2.45) is 0 Å². The largest absolute Gasteiger partial charge is 0.497 e. The fourth-order valence-corrected chi connectivity index (χ4v) is 1.18. The number of ether oxygens (including phenoxy) is 5. The van der Waals surface area contributed by atoms with E-state index in [0.717, 1.165) is 0 Å². The summed E-state index contributed by atoms with van der Waals surface area (Å²) in [7, 11) is 0. The fourth-order valence-electron chi connectivity index (χ4n) is 1.18. The normalized spacial score (nSPS) is 12.3. The molecule has 0 aliphatic heterocycles. The molecule has 0 saturated carbocycles. The molecule has 0 bridgehead atoms. The van der Waals surface area contributed by atoms with Gasteiger partial charge < -0.3 is 28.8 Å². The molecule has 0 aromatic heterocycles. The molecule has 1 unspecified atom stereocenters. The zero-order valence-electron chi connectivity index (χ0n) is 11.7. The number of hydrogen-bond donors (Lipinski definition) is 1. The summed E-state index contributed by atoms with van der Waals surface area (Å²) >= 11 is 0. The maximum absolute atomic E-state index is 8.46. The maximum atomic E-state index is 8.46. The van der Waals surface area contributed by atoms with Crippen LogP contribution in [0.4, 0.5) is 0 Å². The molecule has 1 N–H and O–H groups in total. The first-order valence-corrected chi connectivity index (χ1v) is 6.49. The molecule has 1 atom stereocenters. The minimum Gasteiger partial charge on any atom is -0.497 e. The van der Waals surface area contributed by atoms with Gasteiger partial charge in [0.2, 0.25) is 0 Å². The highest BCUT2D eigenvalue weighted by Crippen LogP contribution is 1.92. The third kappa shape index (κ3) is 15.3. The van der Waals surface area contributed by atoms with Crippen molar-refractivity contribution in [3.05, 3.63) is 12.8 Å². The van der Waals surface area contributed by atoms with Crippen molar-refractivity contribution in [2.75, 3.05) is 59.5 Å². The highest BCUT2D eigenvalue weighted by atomic mass is 16.6. The van der Waals surface area contributed by atoms with Crippen molar-refractivity contribution in [1.82, 2.24) is 0 Å². The summed E-state index contributed by atoms with van der Waals surface area (Å²) in [4.78, 5) is 0. The maximum Gasteiger partial charge on any atom is 0.118 e. The molecule has 6 heteroatoms. The van der Waals surface area contributed by atoms with Gasteiger partial charge in [-0.1, -0.05) is 6.58 Å². The first-order valence-electron chi connectivity index (χ1n) is 6.49. The van der Waals surface area contributed by atoms with Gasteiger partial charge in [0.05, 0.1) is 65.7 Å². The highest BCUT2D eigenvalue weighted by Gasteiger charge is 1.99. The second-order valence-electron chi connectivity index (χ2n) is 3.75. The number of aliphatic hydroxyl groups excluding tert-OH is 1. The van der Waals surface area contributed by atoms with Crippen LogP contribution >= 0.6 is 0 Å². The molecule has 0 radical (unpaired) electrons. The van der Waals surface area contributed by atoms with Crippen LogP contribution in [0.15, 0.2) is 12.8 Å². The predicted molar refractivity (Wildman–Crippen MR) is 71.1 cm³/mol. The molecule has 6 nitrogen and oxygen atoms in total. The summed E-state index contributed by atoms with van der Waals surface area (Å²) < 4.78 is 26.0. The Morgan fingerprint density at radius 1 is 0.895 bits per heavy atom. The Hall–Kier alpha value is -0.660. The van der Waals surface area contributed by atoms with E-state index in [4.69, 9.17) is 28.8 Å². The van der Waals surface area contributed by atoms with Gasteiger partial charge in [-0.2, -0.15) is 0 Å². The lowest BCUT2D eigenvalue weighted by atomic mass is 10.4. The van der Waals surface area contributed by atoms with Crippen LogP contribution in [0.25, 0.3) is 0 Å². The van der Waals surface area contributed by atoms with Gasteiger partial charge in [-0.3, -0.25) is 0 Å². The Labute approximate surface area is 115 Å². The zero-order valence-corrected chi connectivity index (χ0v) is 11.7. The standard InChI is InChI=1S/C13H26O6/c1-3-19-13(2)12-18-11-10-17-9-8-16-7-6-15-5-4-14/h3,13-14H,1,4-12H2,2H3. The second kappa shape index (κ2) is 15.4. The molecule has 0 fully saturated rings. The summed E-state index contributed by atoms with van der Waals surface area (Å²) in [6, 6.07) is 0. The SMILES string of the molecule is C=COC(C)COCCOCCOCCOCCO. The summed E-state index contributed by atoms with van der Waals surface area (Å²) in [6.07, 6.45) is 1.42. The molecule has 0 saturated heterocycles. The van der Waals surface area contributed by atoms with E-state index >= 15 is 0 Å². The molecule has 114 valence electrons. The van der Waals surface area contributed by atoms with Crippen molar-refractivity contribution in [3.63, 3.8) is 0 Å². The number of aliphatic hydroxyl groups is 1. The Balaban J connectivity index is 3.00. The Morgan fingerprint density at radius 3 is 1.84 bits per heavy atom. The molecule has 0 aliphatic rings. The molecule has 0 rings (SSSR count). The van der Waals surface area contributed by atoms with Gasteiger partial charge >= 0.3 is 0 Å². The third-order valence-corrected chi connectivity index (χ3v) is 2.03. The molecule has 0 spiro atoms. The molecular formula is C13H26O6. The Kier molecular flexibility index (Phi) is 14.9. The Bertz CT molecular complexity index is 188. The monoisotopic (exact) mass is 278 g/mol. The molecular weight excluding hydrogens is 252 g/mol. The van der Waals surface area contributed by atoms with Gasteiger partial charge in [-0.05, 0) is 6.92 Å². The average Bonchev–Trinajstić information content (AvgIpc) is 2.40. The van der Waals surface area contributed by atoms with Crippen LogP contribution in [0.2, 0.25) is 0 Å². The van der Waals surface area contributed by atoms with Gasteiger partial charge in [0.1, 0.15) is 6.10 Å². The van der Waals surface area contributed by atoms with Crippen molar-refractivity contribution in [1.29, 1.82) is 0 Å². The van der Waals surface area contributed by atoms with Gasteiger partial charge in [0.15, 0.2) is 0 Å². The lowest BCUT2D eigenvalue weighted by Crippen LogP contribution is -2.16. The summed E-state index contributed by atoms with van der Waals surface area (Å²) in [5.41, 5.74) is 0. The number of hydrogen-bond acceptors (Lipinski definition) is 6. The summed E-state index contributed by atoms with van der Waals surface area (Å²) in [5, 5.41) is 8.46. The van der Waals surface area contributed by atoms with Crippen molar-refractivity contribution < 1.29 is 28.8 Å². The molecule has 0 aromatic rings. The van der Waals surface area contributed by atoms with Crippen LogP contribution in [0.1, 0.15) is 6.92 Å². The van der Waals surface area contributed by atoms with E-state index in [1.807, 2.05) is 6.92 Å². The minimum atomic E-state index is 0.0137. The summed E-state index contributed by atoms with van der Waals surface area (Å²) in [5.74, 6) is 0. The van der Waals surface area contributed by atoms with Gasteiger partial charge in [0.25, 0.3) is 0 Å². The molecule has 0 amide bonds. The number of rotatable bonds is 15. The second-order valence-corrected chi connectivity index (χ2v) is 3.75. The lowest BCUT2D eigenvalue weighted by Gasteiger charge is -2.11. The van der Waals surface area contributed by atoms with Crippen LogP contribution in [0, 0.1) is 0 Å². The third-order valence-electron chi connectivity index (χ3n) is 2.03. The topological polar surface area (TPSA) is 66.4 Å². The average molecular weight is 278 g/mol. The van der Waals surface area contributed by atoms with E-state index in [9.17, 15) is 0 Å². The van der Waals surface area contributed by atoms with Gasteiger partial charge in [-0.15, -0.1) is 0 Å². The minimum absolute atomic E-state index is 0.0137. The molecule has 0 aromatic carbocycles. The Morgan fingerprint density at radius 2 is 1.37 bits per heavy atom. The smallest absolute Gasteiger partial charge is 0.118 e. The summed E-state index contributed by atoms with van der Waals surface area (Å²) in [6.45, 7) is 9.42. The van der Waals surface area contributed by atoms with E-state index in [1.165, 1.54) is 6.26 Å². The van der Waals surface area contributed by atoms with Gasteiger partial charge in [0, 0.05) is 0 Å². The highest BCUT2D eigenvalue weighted by molar-refractivity contribution is 4.55. The van der Waals surface area contributed by atoms with E-state index in [0.29, 0.717) is 52.9 Å².